The summed E-state index contributed by atoms with van der Waals surface area (Å²) in [5, 5.41) is 9.68. The lowest BCUT2D eigenvalue weighted by atomic mass is 10.1. The monoisotopic (exact) mass is 306 g/mol. The van der Waals surface area contributed by atoms with E-state index in [4.69, 9.17) is 9.47 Å². The first kappa shape index (κ1) is 11.2. The zero-order valence-corrected chi connectivity index (χ0v) is 10.2. The molecule has 0 radical (unpaired) electrons. The summed E-state index contributed by atoms with van der Waals surface area (Å²) in [7, 11) is 3.06. The average Bonchev–Trinajstić information content (AvgIpc) is 2.21. The normalized spacial score (nSPS) is 9.64. The third-order valence-electron chi connectivity index (χ3n) is 1.83. The molecule has 1 N–H and O–H groups in total. The standard InChI is InChI=1S/C10H11IO3/c1-4-6-5-7(13-2)9(12)8(11)10(6)14-3/h4-5,12H,1H2,2-3H3. The smallest absolute Gasteiger partial charge is 0.175 e. The first-order valence-corrected chi connectivity index (χ1v) is 4.99. The second-order valence-electron chi connectivity index (χ2n) is 2.57. The number of ether oxygens (including phenoxy) is 2. The third-order valence-corrected chi connectivity index (χ3v) is 2.83. The molecule has 0 bridgehead atoms. The Morgan fingerprint density at radius 2 is 2.07 bits per heavy atom. The number of hydrogen-bond acceptors (Lipinski definition) is 3. The molecule has 4 heteroatoms. The SMILES string of the molecule is C=Cc1cc(OC)c(O)c(I)c1OC. The Labute approximate surface area is 96.5 Å². The largest absolute Gasteiger partial charge is 0.503 e. The lowest BCUT2D eigenvalue weighted by Crippen LogP contribution is -1.94. The van der Waals surface area contributed by atoms with E-state index in [-0.39, 0.29) is 5.75 Å². The van der Waals surface area contributed by atoms with Crippen molar-refractivity contribution in [2.75, 3.05) is 14.2 Å². The molecule has 0 saturated heterocycles. The lowest BCUT2D eigenvalue weighted by molar-refractivity contribution is 0.362. The minimum atomic E-state index is 0.0931. The summed E-state index contributed by atoms with van der Waals surface area (Å²) in [6.07, 6.45) is 1.66. The molecule has 0 saturated carbocycles. The van der Waals surface area contributed by atoms with E-state index >= 15 is 0 Å². The van der Waals surface area contributed by atoms with Gasteiger partial charge in [-0.25, -0.2) is 0 Å². The minimum Gasteiger partial charge on any atom is -0.503 e. The highest BCUT2D eigenvalue weighted by Gasteiger charge is 2.15. The summed E-state index contributed by atoms with van der Waals surface area (Å²) in [6.45, 7) is 3.67. The average molecular weight is 306 g/mol. The second kappa shape index (κ2) is 4.54. The topological polar surface area (TPSA) is 38.7 Å². The first-order chi connectivity index (χ1) is 6.65. The fourth-order valence-electron chi connectivity index (χ4n) is 1.13. The van der Waals surface area contributed by atoms with Crippen LogP contribution in [0.25, 0.3) is 6.08 Å². The zero-order valence-electron chi connectivity index (χ0n) is 8.00. The van der Waals surface area contributed by atoms with Crippen LogP contribution in [0.3, 0.4) is 0 Å². The van der Waals surface area contributed by atoms with Crippen LogP contribution in [0.15, 0.2) is 12.6 Å². The molecular formula is C10H11IO3. The Morgan fingerprint density at radius 3 is 2.50 bits per heavy atom. The highest BCUT2D eigenvalue weighted by Crippen LogP contribution is 2.40. The van der Waals surface area contributed by atoms with Crippen molar-refractivity contribution in [3.63, 3.8) is 0 Å². The Hall–Kier alpha value is -0.910. The van der Waals surface area contributed by atoms with Crippen LogP contribution in [0.4, 0.5) is 0 Å². The maximum absolute atomic E-state index is 9.68. The van der Waals surface area contributed by atoms with Crippen molar-refractivity contribution in [1.82, 2.24) is 0 Å². The lowest BCUT2D eigenvalue weighted by Gasteiger charge is -2.12. The van der Waals surface area contributed by atoms with Crippen molar-refractivity contribution in [1.29, 1.82) is 0 Å². The van der Waals surface area contributed by atoms with Crippen molar-refractivity contribution >= 4 is 28.7 Å². The van der Waals surface area contributed by atoms with Gasteiger partial charge in [0.15, 0.2) is 11.5 Å². The number of aromatic hydroxyl groups is 1. The van der Waals surface area contributed by atoms with Gasteiger partial charge in [0.1, 0.15) is 9.32 Å². The summed E-state index contributed by atoms with van der Waals surface area (Å²) < 4.78 is 10.8. The molecule has 1 aromatic carbocycles. The predicted molar refractivity (Wildman–Crippen MR) is 64.0 cm³/mol. The molecule has 3 nitrogen and oxygen atoms in total. The number of rotatable bonds is 3. The van der Waals surface area contributed by atoms with Gasteiger partial charge < -0.3 is 14.6 Å². The van der Waals surface area contributed by atoms with E-state index in [1.54, 1.807) is 19.3 Å². The number of methoxy groups -OCH3 is 2. The number of phenolic OH excluding ortho intramolecular Hbond substituents is 1. The van der Waals surface area contributed by atoms with Gasteiger partial charge in [0.05, 0.1) is 14.2 Å². The van der Waals surface area contributed by atoms with E-state index in [9.17, 15) is 5.11 Å². The van der Waals surface area contributed by atoms with Gasteiger partial charge in [-0.05, 0) is 28.7 Å². The Bertz CT molecular complexity index is 361. The maximum atomic E-state index is 9.68. The van der Waals surface area contributed by atoms with Gasteiger partial charge >= 0.3 is 0 Å². The summed E-state index contributed by atoms with van der Waals surface area (Å²) in [6, 6.07) is 1.68. The van der Waals surface area contributed by atoms with E-state index in [0.29, 0.717) is 15.1 Å². The zero-order chi connectivity index (χ0) is 10.7. The third kappa shape index (κ3) is 1.79. The molecule has 0 aliphatic carbocycles. The van der Waals surface area contributed by atoms with Crippen LogP contribution < -0.4 is 9.47 Å². The molecule has 1 aromatic rings. The fourth-order valence-corrected chi connectivity index (χ4v) is 1.93. The van der Waals surface area contributed by atoms with Crippen molar-refractivity contribution in [3.05, 3.63) is 21.8 Å². The van der Waals surface area contributed by atoms with Crippen molar-refractivity contribution < 1.29 is 14.6 Å². The van der Waals surface area contributed by atoms with Crippen LogP contribution in [0.1, 0.15) is 5.56 Å². The van der Waals surface area contributed by atoms with Gasteiger partial charge in [0, 0.05) is 5.56 Å². The highest BCUT2D eigenvalue weighted by molar-refractivity contribution is 14.1. The minimum absolute atomic E-state index is 0.0931. The molecule has 0 spiro atoms. The number of halogens is 1. The molecule has 0 aromatic heterocycles. The molecule has 0 aliphatic rings. The van der Waals surface area contributed by atoms with Crippen molar-refractivity contribution in [2.24, 2.45) is 0 Å². The van der Waals surface area contributed by atoms with Gasteiger partial charge in [-0.3, -0.25) is 0 Å². The number of benzene rings is 1. The van der Waals surface area contributed by atoms with Crippen LogP contribution in [0.5, 0.6) is 17.2 Å². The Balaban J connectivity index is 3.45. The first-order valence-electron chi connectivity index (χ1n) is 3.91. The highest BCUT2D eigenvalue weighted by atomic mass is 127. The van der Waals surface area contributed by atoms with E-state index in [1.165, 1.54) is 7.11 Å². The van der Waals surface area contributed by atoms with Gasteiger partial charge in [0.2, 0.25) is 0 Å². The number of hydrogen-bond donors (Lipinski definition) is 1. The van der Waals surface area contributed by atoms with Crippen LogP contribution >= 0.6 is 22.6 Å². The van der Waals surface area contributed by atoms with Crippen molar-refractivity contribution in [2.45, 2.75) is 0 Å². The Morgan fingerprint density at radius 1 is 1.43 bits per heavy atom. The van der Waals surface area contributed by atoms with Crippen molar-refractivity contribution in [3.8, 4) is 17.2 Å². The van der Waals surface area contributed by atoms with E-state index < -0.39 is 0 Å². The van der Waals surface area contributed by atoms with E-state index in [0.717, 1.165) is 5.56 Å². The summed E-state index contributed by atoms with van der Waals surface area (Å²) >= 11 is 2.00. The maximum Gasteiger partial charge on any atom is 0.175 e. The summed E-state index contributed by atoms with van der Waals surface area (Å²) in [5.41, 5.74) is 0.798. The summed E-state index contributed by atoms with van der Waals surface area (Å²) in [5.74, 6) is 1.12. The van der Waals surface area contributed by atoms with Gasteiger partial charge in [-0.2, -0.15) is 0 Å². The molecule has 0 heterocycles. The van der Waals surface area contributed by atoms with Gasteiger partial charge in [-0.15, -0.1) is 0 Å². The molecule has 0 aliphatic heterocycles. The van der Waals surface area contributed by atoms with Crippen LogP contribution in [0, 0.1) is 3.57 Å². The van der Waals surface area contributed by atoms with Crippen LogP contribution in [0.2, 0.25) is 0 Å². The Kier molecular flexibility index (Phi) is 3.62. The predicted octanol–water partition coefficient (Wildman–Crippen LogP) is 2.66. The molecule has 14 heavy (non-hydrogen) atoms. The van der Waals surface area contributed by atoms with Crippen LogP contribution in [-0.4, -0.2) is 19.3 Å². The molecule has 76 valence electrons. The molecule has 1 rings (SSSR count). The molecule has 0 atom stereocenters. The molecule has 0 fully saturated rings. The van der Waals surface area contributed by atoms with Gasteiger partial charge in [0.25, 0.3) is 0 Å². The fraction of sp³-hybridized carbons (Fsp3) is 0.200. The molecule has 0 amide bonds. The van der Waals surface area contributed by atoms with Gasteiger partial charge in [-0.1, -0.05) is 12.7 Å². The van der Waals surface area contributed by atoms with E-state index in [2.05, 4.69) is 6.58 Å². The molecular weight excluding hydrogens is 295 g/mol. The summed E-state index contributed by atoms with van der Waals surface area (Å²) in [4.78, 5) is 0. The molecule has 0 unspecified atom stereocenters. The second-order valence-corrected chi connectivity index (χ2v) is 3.65. The quantitative estimate of drug-likeness (QED) is 0.873. The van der Waals surface area contributed by atoms with E-state index in [1.807, 2.05) is 22.6 Å². The number of phenols is 1. The van der Waals surface area contributed by atoms with Crippen LogP contribution in [-0.2, 0) is 0 Å².